The first-order valence-corrected chi connectivity index (χ1v) is 5.11. The Morgan fingerprint density at radius 3 is 2.69 bits per heavy atom. The van der Waals surface area contributed by atoms with E-state index in [1.54, 1.807) is 12.1 Å². The fourth-order valence-corrected chi connectivity index (χ4v) is 1.11. The van der Waals surface area contributed by atoms with Crippen molar-refractivity contribution in [2.75, 3.05) is 17.7 Å². The van der Waals surface area contributed by atoms with Crippen LogP contribution in [0.25, 0.3) is 0 Å². The van der Waals surface area contributed by atoms with E-state index in [-0.39, 0.29) is 18.2 Å². The molecule has 0 radical (unpaired) electrons. The third-order valence-corrected chi connectivity index (χ3v) is 1.88. The first-order valence-electron chi connectivity index (χ1n) is 4.57. The number of phenols is 1. The molecule has 0 aliphatic rings. The van der Waals surface area contributed by atoms with Crippen molar-refractivity contribution in [2.45, 2.75) is 0 Å². The second-order valence-electron chi connectivity index (χ2n) is 2.95. The number of nitrogens with one attached hydrogen (secondary N) is 2. The molecule has 0 heterocycles. The largest absolute Gasteiger partial charge is 0.508 e. The second-order valence-corrected chi connectivity index (χ2v) is 3.33. The van der Waals surface area contributed by atoms with Crippen LogP contribution in [0.3, 0.4) is 0 Å². The van der Waals surface area contributed by atoms with Crippen molar-refractivity contribution in [2.24, 2.45) is 0 Å². The van der Waals surface area contributed by atoms with E-state index in [0.717, 1.165) is 0 Å². The summed E-state index contributed by atoms with van der Waals surface area (Å²) in [6, 6.07) is 5.92. The summed E-state index contributed by atoms with van der Waals surface area (Å²) >= 11 is 5.35. The fourth-order valence-electron chi connectivity index (χ4n) is 1.01. The van der Waals surface area contributed by atoms with E-state index in [2.05, 4.69) is 10.6 Å². The highest BCUT2D eigenvalue weighted by atomic mass is 35.5. The van der Waals surface area contributed by atoms with Gasteiger partial charge in [0.05, 0.1) is 0 Å². The van der Waals surface area contributed by atoms with E-state index in [1.165, 1.54) is 12.1 Å². The van der Waals surface area contributed by atoms with Gasteiger partial charge < -0.3 is 15.7 Å². The molecule has 5 nitrogen and oxygen atoms in total. The van der Waals surface area contributed by atoms with Gasteiger partial charge in [0.15, 0.2) is 0 Å². The van der Waals surface area contributed by atoms with Crippen molar-refractivity contribution in [1.82, 2.24) is 5.32 Å². The van der Waals surface area contributed by atoms with Crippen molar-refractivity contribution < 1.29 is 14.7 Å². The van der Waals surface area contributed by atoms with Crippen LogP contribution < -0.4 is 10.6 Å². The van der Waals surface area contributed by atoms with Crippen molar-refractivity contribution >= 4 is 29.1 Å². The number of carbonyl (C=O) groups is 2. The lowest BCUT2D eigenvalue weighted by atomic mass is 10.3. The molecule has 1 rings (SSSR count). The Balaban J connectivity index is 2.54. The van der Waals surface area contributed by atoms with Crippen LogP contribution in [0, 0.1) is 0 Å². The molecule has 0 atom stereocenters. The van der Waals surface area contributed by atoms with Crippen LogP contribution in [0.5, 0.6) is 5.75 Å². The molecule has 3 N–H and O–H groups in total. The molecule has 0 saturated heterocycles. The Hall–Kier alpha value is -1.75. The third-order valence-electron chi connectivity index (χ3n) is 1.69. The molecule has 1 aromatic rings. The number of halogens is 1. The number of hydrogen-bond acceptors (Lipinski definition) is 3. The zero-order chi connectivity index (χ0) is 12.0. The maximum Gasteiger partial charge on any atom is 0.313 e. The fraction of sp³-hybridized carbons (Fsp3) is 0.200. The number of rotatable bonds is 3. The van der Waals surface area contributed by atoms with Gasteiger partial charge in [0.1, 0.15) is 5.75 Å². The average Bonchev–Trinajstić information content (AvgIpc) is 2.25. The summed E-state index contributed by atoms with van der Waals surface area (Å²) in [4.78, 5) is 22.4. The van der Waals surface area contributed by atoms with Gasteiger partial charge >= 0.3 is 11.8 Å². The van der Waals surface area contributed by atoms with E-state index >= 15 is 0 Å². The van der Waals surface area contributed by atoms with Crippen LogP contribution >= 0.6 is 11.6 Å². The van der Waals surface area contributed by atoms with Gasteiger partial charge in [-0.1, -0.05) is 6.07 Å². The SMILES string of the molecule is O=C(NCCCl)C(=O)Nc1cccc(O)c1. The highest BCUT2D eigenvalue weighted by Crippen LogP contribution is 2.14. The molecule has 86 valence electrons. The van der Waals surface area contributed by atoms with E-state index in [0.29, 0.717) is 5.69 Å². The smallest absolute Gasteiger partial charge is 0.313 e. The Morgan fingerprint density at radius 1 is 1.31 bits per heavy atom. The lowest BCUT2D eigenvalue weighted by molar-refractivity contribution is -0.136. The molecule has 0 bridgehead atoms. The Kier molecular flexibility index (Phi) is 4.60. The van der Waals surface area contributed by atoms with Crippen LogP contribution in [0.4, 0.5) is 5.69 Å². The molecule has 0 spiro atoms. The number of amides is 2. The molecule has 0 aliphatic carbocycles. The topological polar surface area (TPSA) is 78.4 Å². The first-order chi connectivity index (χ1) is 7.63. The number of anilines is 1. The predicted molar refractivity (Wildman–Crippen MR) is 60.5 cm³/mol. The van der Waals surface area contributed by atoms with Gasteiger partial charge in [0.25, 0.3) is 0 Å². The van der Waals surface area contributed by atoms with Crippen LogP contribution in [-0.2, 0) is 9.59 Å². The van der Waals surface area contributed by atoms with Crippen molar-refractivity contribution in [3.05, 3.63) is 24.3 Å². The lowest BCUT2D eigenvalue weighted by Crippen LogP contribution is -2.36. The van der Waals surface area contributed by atoms with E-state index in [9.17, 15) is 9.59 Å². The summed E-state index contributed by atoms with van der Waals surface area (Å²) in [5.41, 5.74) is 0.353. The van der Waals surface area contributed by atoms with Gasteiger partial charge in [-0.2, -0.15) is 0 Å². The number of phenolic OH excluding ortho intramolecular Hbond substituents is 1. The maximum atomic E-state index is 11.3. The lowest BCUT2D eigenvalue weighted by Gasteiger charge is -2.05. The molecular formula is C10H11ClN2O3. The molecule has 0 saturated carbocycles. The summed E-state index contributed by atoms with van der Waals surface area (Å²) in [6.07, 6.45) is 0. The molecular weight excluding hydrogens is 232 g/mol. The highest BCUT2D eigenvalue weighted by Gasteiger charge is 2.12. The normalized spacial score (nSPS) is 9.56. The zero-order valence-corrected chi connectivity index (χ0v) is 9.12. The summed E-state index contributed by atoms with van der Waals surface area (Å²) in [7, 11) is 0. The molecule has 2 amide bonds. The molecule has 0 fully saturated rings. The number of alkyl halides is 1. The molecule has 0 aromatic heterocycles. The van der Waals surface area contributed by atoms with Gasteiger partial charge in [-0.15, -0.1) is 11.6 Å². The Labute approximate surface area is 97.4 Å². The monoisotopic (exact) mass is 242 g/mol. The molecule has 0 aliphatic heterocycles. The van der Waals surface area contributed by atoms with Crippen LogP contribution in [-0.4, -0.2) is 29.3 Å². The summed E-state index contributed by atoms with van der Waals surface area (Å²) < 4.78 is 0. The van der Waals surface area contributed by atoms with Gasteiger partial charge in [-0.3, -0.25) is 9.59 Å². The van der Waals surface area contributed by atoms with E-state index in [4.69, 9.17) is 16.7 Å². The summed E-state index contributed by atoms with van der Waals surface area (Å²) in [6.45, 7) is 0.230. The Bertz CT molecular complexity index is 395. The van der Waals surface area contributed by atoms with Gasteiger partial charge in [0, 0.05) is 24.2 Å². The molecule has 0 unspecified atom stereocenters. The summed E-state index contributed by atoms with van der Waals surface area (Å²) in [5, 5.41) is 13.8. The Morgan fingerprint density at radius 2 is 2.06 bits per heavy atom. The van der Waals surface area contributed by atoms with Crippen LogP contribution in [0.15, 0.2) is 24.3 Å². The van der Waals surface area contributed by atoms with Crippen molar-refractivity contribution in [1.29, 1.82) is 0 Å². The minimum absolute atomic E-state index is 0.0129. The molecule has 16 heavy (non-hydrogen) atoms. The minimum Gasteiger partial charge on any atom is -0.508 e. The number of aromatic hydroxyl groups is 1. The molecule has 1 aromatic carbocycles. The standard InChI is InChI=1S/C10H11ClN2O3/c11-4-5-12-9(15)10(16)13-7-2-1-3-8(14)6-7/h1-3,6,14H,4-5H2,(H,12,15)(H,13,16). The van der Waals surface area contributed by atoms with Gasteiger partial charge in [-0.25, -0.2) is 0 Å². The predicted octanol–water partition coefficient (Wildman–Crippen LogP) is 0.686. The van der Waals surface area contributed by atoms with E-state index in [1.807, 2.05) is 0 Å². The number of hydrogen-bond donors (Lipinski definition) is 3. The first kappa shape index (κ1) is 12.3. The third kappa shape index (κ3) is 3.78. The maximum absolute atomic E-state index is 11.3. The number of benzene rings is 1. The van der Waals surface area contributed by atoms with E-state index < -0.39 is 11.8 Å². The van der Waals surface area contributed by atoms with Gasteiger partial charge in [0.2, 0.25) is 0 Å². The van der Waals surface area contributed by atoms with Crippen molar-refractivity contribution in [3.63, 3.8) is 0 Å². The highest BCUT2D eigenvalue weighted by molar-refractivity contribution is 6.39. The summed E-state index contributed by atoms with van der Waals surface area (Å²) in [5.74, 6) is -1.30. The minimum atomic E-state index is -0.796. The average molecular weight is 243 g/mol. The zero-order valence-electron chi connectivity index (χ0n) is 8.37. The van der Waals surface area contributed by atoms with Gasteiger partial charge in [-0.05, 0) is 12.1 Å². The van der Waals surface area contributed by atoms with Crippen LogP contribution in [0.1, 0.15) is 0 Å². The van der Waals surface area contributed by atoms with Crippen molar-refractivity contribution in [3.8, 4) is 5.75 Å². The number of carbonyl (C=O) groups excluding carboxylic acids is 2. The van der Waals surface area contributed by atoms with Crippen LogP contribution in [0.2, 0.25) is 0 Å². The molecule has 6 heteroatoms. The quantitative estimate of drug-likeness (QED) is 0.539. The second kappa shape index (κ2) is 5.97.